The van der Waals surface area contributed by atoms with E-state index in [-0.39, 0.29) is 28.8 Å². The Labute approximate surface area is 180 Å². The maximum atomic E-state index is 13.1. The zero-order valence-corrected chi connectivity index (χ0v) is 17.3. The summed E-state index contributed by atoms with van der Waals surface area (Å²) in [5.74, 6) is -1.11. The highest BCUT2D eigenvalue weighted by Gasteiger charge is 2.42. The highest BCUT2D eigenvalue weighted by molar-refractivity contribution is 6.31. The second-order valence-electron chi connectivity index (χ2n) is 8.06. The third-order valence-electron chi connectivity index (χ3n) is 5.88. The van der Waals surface area contributed by atoms with Crippen molar-refractivity contribution in [3.63, 3.8) is 0 Å². The summed E-state index contributed by atoms with van der Waals surface area (Å²) < 4.78 is 5.52. The average molecular weight is 420 g/mol. The first kappa shape index (κ1) is 20.8. The number of rotatable bonds is 5. The van der Waals surface area contributed by atoms with E-state index in [0.29, 0.717) is 11.1 Å². The fraction of sp³-hybridized carbons (Fsp3) is 0.333. The van der Waals surface area contributed by atoms with Crippen LogP contribution in [0.5, 0.6) is 0 Å². The molecule has 1 aliphatic heterocycles. The lowest BCUT2D eigenvalue weighted by atomic mass is 9.90. The number of esters is 1. The Morgan fingerprint density at radius 3 is 2.42 bits per heavy atom. The quantitative estimate of drug-likeness (QED) is 0.444. The molecule has 1 N–H and O–H groups in total. The molecule has 1 aliphatic carbocycles. The van der Waals surface area contributed by atoms with E-state index in [4.69, 9.17) is 4.74 Å². The van der Waals surface area contributed by atoms with Crippen LogP contribution in [0.4, 0.5) is 5.69 Å². The van der Waals surface area contributed by atoms with E-state index in [9.17, 15) is 19.7 Å². The number of benzene rings is 2. The third-order valence-corrected chi connectivity index (χ3v) is 5.88. The Kier molecular flexibility index (Phi) is 5.84. The number of carbonyl (C=O) groups excluding carboxylic acids is 2. The number of nitro benzene ring substituents is 1. The second-order valence-corrected chi connectivity index (χ2v) is 8.06. The van der Waals surface area contributed by atoms with Crippen molar-refractivity contribution >= 4 is 28.7 Å². The van der Waals surface area contributed by atoms with Crippen molar-refractivity contribution in [2.24, 2.45) is 0 Å². The number of cyclic esters (lactones) is 1. The molecular formula is C24H24N2O5. The molecule has 4 rings (SSSR count). The maximum absolute atomic E-state index is 13.1. The molecule has 0 bridgehead atoms. The number of hydrogen-bond donors (Lipinski definition) is 1. The predicted molar refractivity (Wildman–Crippen MR) is 116 cm³/mol. The molecule has 2 aromatic carbocycles. The lowest BCUT2D eigenvalue weighted by molar-refractivity contribution is -0.385. The van der Waals surface area contributed by atoms with Crippen molar-refractivity contribution in [2.45, 2.75) is 51.2 Å². The van der Waals surface area contributed by atoms with Gasteiger partial charge >= 0.3 is 5.97 Å². The standard InChI is InChI=1S/C24H24N2O5/c1-15-11-13-16(14-12-15)20-21(18-9-5-6-10-19(18)26(29)30)24(28)31-22(20)23(27)25-17-7-3-2-4-8-17/h5-6,9-14,17,22H,2-4,7-8H2,1H3,(H,25,27). The predicted octanol–water partition coefficient (Wildman–Crippen LogP) is 4.19. The molecule has 1 unspecified atom stereocenters. The smallest absolute Gasteiger partial charge is 0.340 e. The molecule has 7 nitrogen and oxygen atoms in total. The zero-order chi connectivity index (χ0) is 22.0. The molecule has 7 heteroatoms. The largest absolute Gasteiger partial charge is 0.444 e. The van der Waals surface area contributed by atoms with Crippen LogP contribution in [0.25, 0.3) is 11.1 Å². The van der Waals surface area contributed by atoms with Crippen LogP contribution in [-0.2, 0) is 14.3 Å². The SMILES string of the molecule is Cc1ccc(C2=C(c3ccccc3[N+](=O)[O-])C(=O)OC2C(=O)NC2CCCCC2)cc1. The topological polar surface area (TPSA) is 98.5 Å². The first-order chi connectivity index (χ1) is 15.0. The van der Waals surface area contributed by atoms with Crippen molar-refractivity contribution in [3.05, 3.63) is 75.3 Å². The van der Waals surface area contributed by atoms with Gasteiger partial charge in [-0.25, -0.2) is 4.79 Å². The van der Waals surface area contributed by atoms with Gasteiger partial charge in [-0.3, -0.25) is 14.9 Å². The number of ether oxygens (including phenoxy) is 1. The lowest BCUT2D eigenvalue weighted by Crippen LogP contribution is -2.43. The molecule has 1 heterocycles. The van der Waals surface area contributed by atoms with E-state index in [1.807, 2.05) is 31.2 Å². The Morgan fingerprint density at radius 1 is 1.06 bits per heavy atom. The van der Waals surface area contributed by atoms with Crippen LogP contribution in [0, 0.1) is 17.0 Å². The minimum Gasteiger partial charge on any atom is -0.444 e. The van der Waals surface area contributed by atoms with Crippen LogP contribution in [0.3, 0.4) is 0 Å². The summed E-state index contributed by atoms with van der Waals surface area (Å²) in [6.07, 6.45) is 3.91. The number of hydrogen-bond acceptors (Lipinski definition) is 5. The van der Waals surface area contributed by atoms with Crippen LogP contribution in [0.15, 0.2) is 48.5 Å². The minimum absolute atomic E-state index is 0.0503. The monoisotopic (exact) mass is 420 g/mol. The van der Waals surface area contributed by atoms with E-state index in [1.165, 1.54) is 12.1 Å². The molecule has 1 saturated carbocycles. The molecule has 1 fully saturated rings. The molecule has 2 aliphatic rings. The van der Waals surface area contributed by atoms with Gasteiger partial charge in [-0.05, 0) is 31.4 Å². The second kappa shape index (κ2) is 8.71. The average Bonchev–Trinajstić information content (AvgIpc) is 3.12. The number of nitrogens with one attached hydrogen (secondary N) is 1. The minimum atomic E-state index is -1.15. The maximum Gasteiger partial charge on any atom is 0.340 e. The van der Waals surface area contributed by atoms with E-state index in [2.05, 4.69) is 5.32 Å². The van der Waals surface area contributed by atoms with Crippen LogP contribution >= 0.6 is 0 Å². The van der Waals surface area contributed by atoms with Crippen LogP contribution < -0.4 is 5.32 Å². The number of nitrogens with zero attached hydrogens (tertiary/aromatic N) is 1. The number of para-hydroxylation sites is 1. The van der Waals surface area contributed by atoms with Crippen molar-refractivity contribution in [3.8, 4) is 0 Å². The molecule has 1 amide bonds. The van der Waals surface area contributed by atoms with Gasteiger partial charge < -0.3 is 10.1 Å². The van der Waals surface area contributed by atoms with Crippen molar-refractivity contribution in [1.29, 1.82) is 0 Å². The summed E-state index contributed by atoms with van der Waals surface area (Å²) >= 11 is 0. The molecule has 0 saturated heterocycles. The zero-order valence-electron chi connectivity index (χ0n) is 17.3. The van der Waals surface area contributed by atoms with E-state index in [1.54, 1.807) is 12.1 Å². The van der Waals surface area contributed by atoms with Gasteiger partial charge in [0.15, 0.2) is 0 Å². The van der Waals surface area contributed by atoms with Crippen molar-refractivity contribution in [2.75, 3.05) is 0 Å². The van der Waals surface area contributed by atoms with Gasteiger partial charge in [0.05, 0.1) is 16.1 Å². The highest BCUT2D eigenvalue weighted by Crippen LogP contribution is 2.40. The van der Waals surface area contributed by atoms with Gasteiger partial charge in [0.1, 0.15) is 0 Å². The van der Waals surface area contributed by atoms with E-state index in [0.717, 1.165) is 37.7 Å². The molecule has 0 radical (unpaired) electrons. The summed E-state index contributed by atoms with van der Waals surface area (Å²) in [5.41, 5.74) is 2.04. The van der Waals surface area contributed by atoms with Crippen LogP contribution in [0.1, 0.15) is 48.8 Å². The highest BCUT2D eigenvalue weighted by atomic mass is 16.6. The Morgan fingerprint density at radius 2 is 1.74 bits per heavy atom. The number of aryl methyl sites for hydroxylation is 1. The third kappa shape index (κ3) is 4.21. The first-order valence-corrected chi connectivity index (χ1v) is 10.5. The van der Waals surface area contributed by atoms with Gasteiger partial charge in [0, 0.05) is 17.7 Å². The van der Waals surface area contributed by atoms with E-state index < -0.39 is 17.0 Å². The fourth-order valence-corrected chi connectivity index (χ4v) is 4.30. The molecule has 160 valence electrons. The first-order valence-electron chi connectivity index (χ1n) is 10.5. The van der Waals surface area contributed by atoms with Gasteiger partial charge in [0.2, 0.25) is 6.10 Å². The van der Waals surface area contributed by atoms with Crippen molar-refractivity contribution in [1.82, 2.24) is 5.32 Å². The van der Waals surface area contributed by atoms with Gasteiger partial charge in [0.25, 0.3) is 11.6 Å². The molecule has 2 aromatic rings. The molecule has 0 spiro atoms. The van der Waals surface area contributed by atoms with Gasteiger partial charge in [-0.2, -0.15) is 0 Å². The molecule has 31 heavy (non-hydrogen) atoms. The summed E-state index contributed by atoms with van der Waals surface area (Å²) in [4.78, 5) is 37.1. The fourth-order valence-electron chi connectivity index (χ4n) is 4.30. The van der Waals surface area contributed by atoms with Crippen molar-refractivity contribution < 1.29 is 19.2 Å². The lowest BCUT2D eigenvalue weighted by Gasteiger charge is -2.24. The number of amides is 1. The van der Waals surface area contributed by atoms with Gasteiger partial charge in [-0.15, -0.1) is 0 Å². The Balaban J connectivity index is 1.81. The van der Waals surface area contributed by atoms with Crippen LogP contribution in [-0.4, -0.2) is 28.9 Å². The van der Waals surface area contributed by atoms with Gasteiger partial charge in [-0.1, -0.05) is 61.2 Å². The van der Waals surface area contributed by atoms with Crippen LogP contribution in [0.2, 0.25) is 0 Å². The molecule has 0 aromatic heterocycles. The Bertz CT molecular complexity index is 1050. The number of nitro groups is 1. The van der Waals surface area contributed by atoms with E-state index >= 15 is 0 Å². The summed E-state index contributed by atoms with van der Waals surface area (Å²) in [5, 5.41) is 14.6. The summed E-state index contributed by atoms with van der Waals surface area (Å²) in [7, 11) is 0. The Hall–Kier alpha value is -3.48. The normalized spacial score (nSPS) is 19.3. The number of carbonyl (C=O) groups is 2. The molecule has 1 atom stereocenters. The molecular weight excluding hydrogens is 396 g/mol. The summed E-state index contributed by atoms with van der Waals surface area (Å²) in [6, 6.07) is 13.4. The summed E-state index contributed by atoms with van der Waals surface area (Å²) in [6.45, 7) is 1.94.